The van der Waals surface area contributed by atoms with Crippen LogP contribution in [0.3, 0.4) is 0 Å². The second-order valence-electron chi connectivity index (χ2n) is 26.2. The third-order valence-corrected chi connectivity index (χ3v) is 18.3. The summed E-state index contributed by atoms with van der Waals surface area (Å²) in [5.41, 5.74) is -13.0. The van der Waals surface area contributed by atoms with E-state index in [1.807, 2.05) is 0 Å². The molecule has 123 heavy (non-hydrogen) atoms. The maximum absolute atomic E-state index is 15.3. The molecule has 3 aliphatic rings. The highest BCUT2D eigenvalue weighted by molar-refractivity contribution is 6.09. The SMILES string of the molecule is O=C(OC[C@H]1OC(O)[C@H](OC(=O)c2cc(O)c(O)c(O)c2)[C@@H](OC(=O)c2cc(O)c(O)c(O)c2)[C@@H]1OC(=O)c1cc(O)c(O)c(O)c1Oc1cc2c(c(O)c1O)-c1c(cc(O)c(O)c1O)C(=O)O[C@H]1[C@H](OC(=O)c3cc(O)c(O)c(O)c3)[C@@H](OC(=O)c3cc(O)c(O)c(O)c3)[C@H](OC(=O)c3cc(O)c(O)c(O)c3)O[C@@H]1COC2=O)c1cc(O)c(O)c(O)c1. The molecule has 48 nitrogen and oxygen atoms in total. The van der Waals surface area contributed by atoms with Crippen molar-refractivity contribution in [2.45, 2.75) is 61.4 Å². The molecule has 9 aromatic rings. The quantitative estimate of drug-likeness (QED) is 0.0354. The number of esters is 9. The monoisotopic (exact) mass is 1720 g/mol. The Balaban J connectivity index is 0.982. The number of ether oxygens (including phenoxy) is 12. The van der Waals surface area contributed by atoms with E-state index in [-0.39, 0.29) is 18.2 Å². The van der Waals surface area contributed by atoms with E-state index >= 15 is 14.4 Å². The predicted octanol–water partition coefficient (Wildman–Crippen LogP) is 2.77. The molecule has 0 aliphatic carbocycles. The summed E-state index contributed by atoms with van der Waals surface area (Å²) in [7, 11) is 0. The van der Waals surface area contributed by atoms with Crippen LogP contribution in [0.5, 0.6) is 161 Å². The van der Waals surface area contributed by atoms with Crippen molar-refractivity contribution in [1.82, 2.24) is 0 Å². The van der Waals surface area contributed by atoms with Gasteiger partial charge in [-0.15, -0.1) is 0 Å². The number of carbonyl (C=O) groups is 9. The molecule has 0 aromatic heterocycles. The molecule has 3 heterocycles. The van der Waals surface area contributed by atoms with Gasteiger partial charge in [0.05, 0.1) is 44.5 Å². The van der Waals surface area contributed by atoms with Gasteiger partial charge in [-0.25, -0.2) is 43.2 Å². The van der Waals surface area contributed by atoms with Crippen LogP contribution in [-0.4, -0.2) is 266 Å². The third-order valence-electron chi connectivity index (χ3n) is 18.3. The molecule has 12 rings (SSSR count). The first-order valence-electron chi connectivity index (χ1n) is 34.0. The first-order valence-corrected chi connectivity index (χ1v) is 34.0. The first-order chi connectivity index (χ1) is 57.8. The molecule has 0 radical (unpaired) electrons. The lowest BCUT2D eigenvalue weighted by molar-refractivity contribution is -0.284. The number of benzene rings is 9. The number of fused-ring (bicyclic) bond motifs is 4. The zero-order valence-electron chi connectivity index (χ0n) is 60.5. The Morgan fingerprint density at radius 1 is 0.317 bits per heavy atom. The van der Waals surface area contributed by atoms with Crippen LogP contribution < -0.4 is 4.74 Å². The van der Waals surface area contributed by atoms with E-state index in [0.29, 0.717) is 72.8 Å². The van der Waals surface area contributed by atoms with Crippen LogP contribution in [0.2, 0.25) is 0 Å². The maximum atomic E-state index is 15.3. The van der Waals surface area contributed by atoms with Crippen molar-refractivity contribution in [3.63, 3.8) is 0 Å². The van der Waals surface area contributed by atoms with Crippen LogP contribution in [0, 0.1) is 0 Å². The summed E-state index contributed by atoms with van der Waals surface area (Å²) in [4.78, 5) is 131. The van der Waals surface area contributed by atoms with E-state index < -0.39 is 351 Å². The number of aliphatic hydroxyl groups is 1. The van der Waals surface area contributed by atoms with E-state index in [1.54, 1.807) is 0 Å². The minimum Gasteiger partial charge on any atom is -0.504 e. The fraction of sp³-hybridized carbons (Fsp3) is 0.160. The predicted molar refractivity (Wildman–Crippen MR) is 381 cm³/mol. The summed E-state index contributed by atoms with van der Waals surface area (Å²) in [5, 5.41) is 289. The Bertz CT molecular complexity index is 5810. The van der Waals surface area contributed by atoms with E-state index in [2.05, 4.69) is 0 Å². The number of phenolic OH excluding ortho intramolecular Hbond substituents is 26. The summed E-state index contributed by atoms with van der Waals surface area (Å²) < 4.78 is 67.5. The number of hydrogen-bond acceptors (Lipinski definition) is 48. The van der Waals surface area contributed by atoms with E-state index in [0.717, 1.165) is 0 Å². The second-order valence-corrected chi connectivity index (χ2v) is 26.2. The lowest BCUT2D eigenvalue weighted by Gasteiger charge is -2.43. The minimum absolute atomic E-state index is 0.126. The van der Waals surface area contributed by atoms with Crippen LogP contribution in [0.4, 0.5) is 0 Å². The zero-order chi connectivity index (χ0) is 90.0. The first kappa shape index (κ1) is 85.1. The molecule has 10 atom stereocenters. The molecule has 0 saturated carbocycles. The summed E-state index contributed by atoms with van der Waals surface area (Å²) in [6, 6.07) is 5.85. The van der Waals surface area contributed by atoms with Crippen molar-refractivity contribution in [1.29, 1.82) is 0 Å². The number of cyclic esters (lactones) is 1. The molecule has 0 spiro atoms. The van der Waals surface area contributed by atoms with Crippen molar-refractivity contribution in [3.05, 3.63) is 141 Å². The van der Waals surface area contributed by atoms with Crippen molar-refractivity contribution < 1.29 is 238 Å². The molecule has 644 valence electrons. The Morgan fingerprint density at radius 3 is 1.07 bits per heavy atom. The number of hydrogen-bond donors (Lipinski definition) is 27. The van der Waals surface area contributed by atoms with Crippen molar-refractivity contribution in [2.75, 3.05) is 13.2 Å². The van der Waals surface area contributed by atoms with Gasteiger partial charge >= 0.3 is 53.7 Å². The van der Waals surface area contributed by atoms with Crippen molar-refractivity contribution in [3.8, 4) is 172 Å². The lowest BCUT2D eigenvalue weighted by atomic mass is 9.91. The lowest BCUT2D eigenvalue weighted by Crippen LogP contribution is -2.63. The fourth-order valence-electron chi connectivity index (χ4n) is 12.2. The number of aromatic hydroxyl groups is 26. The molecule has 1 unspecified atom stereocenters. The molecule has 2 saturated heterocycles. The molecule has 3 aliphatic heterocycles. The summed E-state index contributed by atoms with van der Waals surface area (Å²) in [6.07, 6.45) is -27.4. The highest BCUT2D eigenvalue weighted by Gasteiger charge is 2.57. The van der Waals surface area contributed by atoms with Gasteiger partial charge in [0.15, 0.2) is 175 Å². The standard InChI is InChI=1S/C75H56O48/c76-27-1-18(2-28(77)46(27)90)65(102)112-16-42-59(61(119-66(103)19-3-29(78)47(91)30(79)4-19)63(74(111)115-42)121-68(105)21-7-33(82)49(93)34(83)8-21)118-73(110)26-14-40(89)53(97)57(101)58(26)114-41-15-25-45(56(100)54(41)98)44-24(13-39(88)52(96)55(44)99)72(109)117-60-43(17-113-71(25)108)116-75(123-70(107)23-11-37(86)51(95)38(87)12-23)64(122-69(106)22-9-35(84)50(94)36(85)10-22)62(60)120-67(104)20-5-31(80)48(92)32(81)6-20/h1-15,42-43,59-64,74-101,111H,16-17H2/t42-,43-,59-,60-,61+,62+,63-,64-,74?,75+/m1/s1. The van der Waals surface area contributed by atoms with Gasteiger partial charge < -0.3 is 195 Å². The molecule has 9 aromatic carbocycles. The minimum atomic E-state index is -2.84. The average molecular weight is 1730 g/mol. The Labute approximate surface area is 677 Å². The van der Waals surface area contributed by atoms with Gasteiger partial charge in [0.25, 0.3) is 0 Å². The van der Waals surface area contributed by atoms with Gasteiger partial charge in [0.1, 0.15) is 31.0 Å². The van der Waals surface area contributed by atoms with E-state index in [4.69, 9.17) is 56.8 Å². The Kier molecular flexibility index (Phi) is 22.6. The van der Waals surface area contributed by atoms with E-state index in [9.17, 15) is 167 Å². The third kappa shape index (κ3) is 16.2. The highest BCUT2D eigenvalue weighted by Crippen LogP contribution is 2.57. The van der Waals surface area contributed by atoms with Gasteiger partial charge in [0, 0.05) is 23.3 Å². The molecule has 27 N–H and O–H groups in total. The zero-order valence-corrected chi connectivity index (χ0v) is 60.5. The molecule has 2 fully saturated rings. The number of rotatable bonds is 17. The number of carbonyl (C=O) groups excluding carboxylic acids is 9. The molecular formula is C75H56O48. The van der Waals surface area contributed by atoms with Crippen LogP contribution in [0.25, 0.3) is 11.1 Å². The van der Waals surface area contributed by atoms with Gasteiger partial charge in [-0.2, -0.15) is 0 Å². The van der Waals surface area contributed by atoms with E-state index in [1.165, 1.54) is 0 Å². The summed E-state index contributed by atoms with van der Waals surface area (Å²) in [5.74, 6) is -56.4. The normalized spacial score (nSPS) is 19.1. The van der Waals surface area contributed by atoms with Gasteiger partial charge in [-0.05, 0) is 78.9 Å². The second kappa shape index (κ2) is 32.6. The molecule has 0 bridgehead atoms. The van der Waals surface area contributed by atoms with Crippen molar-refractivity contribution in [2.24, 2.45) is 0 Å². The topological polar surface area (TPSA) is 811 Å². The molecular weight excluding hydrogens is 1670 g/mol. The van der Waals surface area contributed by atoms with Crippen molar-refractivity contribution >= 4 is 53.7 Å². The molecule has 0 amide bonds. The largest absolute Gasteiger partial charge is 0.504 e. The Morgan fingerprint density at radius 2 is 0.650 bits per heavy atom. The number of phenols is 26. The van der Waals surface area contributed by atoms with Crippen LogP contribution >= 0.6 is 0 Å². The summed E-state index contributed by atoms with van der Waals surface area (Å²) in [6.45, 7) is -3.11. The van der Waals surface area contributed by atoms with Crippen LogP contribution in [0.1, 0.15) is 93.2 Å². The smallest absolute Gasteiger partial charge is 0.342 e. The van der Waals surface area contributed by atoms with Gasteiger partial charge in [-0.1, -0.05) is 0 Å². The maximum Gasteiger partial charge on any atom is 0.342 e. The fourth-order valence-corrected chi connectivity index (χ4v) is 12.2. The van der Waals surface area contributed by atoms with Crippen LogP contribution in [-0.2, 0) is 52.1 Å². The van der Waals surface area contributed by atoms with Gasteiger partial charge in [-0.3, -0.25) is 0 Å². The highest BCUT2D eigenvalue weighted by atomic mass is 16.8. The van der Waals surface area contributed by atoms with Gasteiger partial charge in [0.2, 0.25) is 35.4 Å². The average Bonchev–Trinajstić information content (AvgIpc) is 1.72. The molecule has 48 heteroatoms. The van der Waals surface area contributed by atoms with Crippen LogP contribution in [0.15, 0.2) is 91.0 Å². The Hall–Kier alpha value is -17.3. The number of aliphatic hydroxyl groups excluding tert-OH is 1. The summed E-state index contributed by atoms with van der Waals surface area (Å²) >= 11 is 0.